The van der Waals surface area contributed by atoms with E-state index in [9.17, 15) is 17.6 Å². The normalized spacial score (nSPS) is 19.4. The van der Waals surface area contributed by atoms with E-state index in [0.29, 0.717) is 36.9 Å². The summed E-state index contributed by atoms with van der Waals surface area (Å²) in [6.45, 7) is 3.54. The zero-order valence-electron chi connectivity index (χ0n) is 20.9. The molecule has 1 amide bonds. The Morgan fingerprint density at radius 2 is 1.92 bits per heavy atom. The number of fused-ring (bicyclic) bond motifs is 1. The molecule has 0 radical (unpaired) electrons. The highest BCUT2D eigenvalue weighted by Crippen LogP contribution is 2.38. The SMILES string of the molecule is COc1ccc(C)c2sc(N(CC3CCCO3)C(=O)C3CCN(S(=O)(=O)c4ccc(F)cc4)CC3)nc12. The van der Waals surface area contributed by atoms with Gasteiger partial charge in [0.25, 0.3) is 0 Å². The van der Waals surface area contributed by atoms with Gasteiger partial charge in [0, 0.05) is 25.6 Å². The number of aromatic nitrogens is 1. The molecule has 1 aromatic heterocycles. The van der Waals surface area contributed by atoms with E-state index in [1.165, 1.54) is 27.8 Å². The Kier molecular flexibility index (Phi) is 7.49. The van der Waals surface area contributed by atoms with Crippen molar-refractivity contribution in [1.82, 2.24) is 9.29 Å². The molecule has 5 rings (SSSR count). The molecular weight excluding hydrogens is 517 g/mol. The lowest BCUT2D eigenvalue weighted by atomic mass is 9.96. The maximum atomic E-state index is 13.9. The number of sulfonamides is 1. The molecule has 11 heteroatoms. The number of hydrogen-bond donors (Lipinski definition) is 0. The van der Waals surface area contributed by atoms with E-state index in [1.807, 2.05) is 19.1 Å². The van der Waals surface area contributed by atoms with Crippen LogP contribution in [0.4, 0.5) is 9.52 Å². The van der Waals surface area contributed by atoms with E-state index >= 15 is 0 Å². The predicted octanol–water partition coefficient (Wildman–Crippen LogP) is 4.37. The molecule has 1 atom stereocenters. The molecule has 2 aliphatic heterocycles. The van der Waals surface area contributed by atoms with Crippen molar-refractivity contribution in [3.8, 4) is 5.75 Å². The minimum atomic E-state index is -3.75. The number of carbonyl (C=O) groups excluding carboxylic acids is 1. The quantitative estimate of drug-likeness (QED) is 0.437. The number of carbonyl (C=O) groups is 1. The van der Waals surface area contributed by atoms with Gasteiger partial charge in [0.1, 0.15) is 17.1 Å². The fraction of sp³-hybridized carbons (Fsp3) is 0.462. The number of anilines is 1. The number of benzene rings is 2. The van der Waals surface area contributed by atoms with E-state index in [0.717, 1.165) is 40.8 Å². The molecule has 2 fully saturated rings. The zero-order valence-corrected chi connectivity index (χ0v) is 22.5. The summed E-state index contributed by atoms with van der Waals surface area (Å²) in [4.78, 5) is 20.5. The van der Waals surface area contributed by atoms with E-state index in [4.69, 9.17) is 14.5 Å². The summed E-state index contributed by atoms with van der Waals surface area (Å²) in [6, 6.07) is 8.68. The second-order valence-corrected chi connectivity index (χ2v) is 12.4. The summed E-state index contributed by atoms with van der Waals surface area (Å²) < 4.78 is 53.0. The fourth-order valence-electron chi connectivity index (χ4n) is 4.95. The van der Waals surface area contributed by atoms with Gasteiger partial charge in [-0.25, -0.2) is 17.8 Å². The molecule has 0 N–H and O–H groups in total. The molecule has 8 nitrogen and oxygen atoms in total. The maximum absolute atomic E-state index is 13.9. The van der Waals surface area contributed by atoms with Crippen molar-refractivity contribution >= 4 is 42.6 Å². The second-order valence-electron chi connectivity index (χ2n) is 9.48. The average Bonchev–Trinajstić information content (AvgIpc) is 3.58. The van der Waals surface area contributed by atoms with Gasteiger partial charge >= 0.3 is 0 Å². The first kappa shape index (κ1) is 26.0. The molecule has 0 aliphatic carbocycles. The monoisotopic (exact) mass is 547 g/mol. The van der Waals surface area contributed by atoms with Crippen LogP contribution in [0.1, 0.15) is 31.2 Å². The molecule has 1 unspecified atom stereocenters. The minimum Gasteiger partial charge on any atom is -0.494 e. The van der Waals surface area contributed by atoms with Crippen molar-refractivity contribution in [2.75, 3.05) is 38.3 Å². The number of rotatable bonds is 7. The fourth-order valence-corrected chi connectivity index (χ4v) is 7.49. The maximum Gasteiger partial charge on any atom is 0.243 e. The van der Waals surface area contributed by atoms with E-state index < -0.39 is 15.8 Å². The van der Waals surface area contributed by atoms with Gasteiger partial charge in [0.15, 0.2) is 5.13 Å². The molecule has 198 valence electrons. The third-order valence-corrected chi connectivity index (χ3v) is 10.2. The number of amides is 1. The topological polar surface area (TPSA) is 89.0 Å². The average molecular weight is 548 g/mol. The molecule has 2 saturated heterocycles. The standard InChI is InChI=1S/C26H30FN3O5S2/c1-17-5-10-22(34-2)23-24(17)36-26(28-23)30(16-20-4-3-15-35-20)25(31)18-11-13-29(14-12-18)37(32,33)21-8-6-19(27)7-9-21/h5-10,18,20H,3-4,11-16H2,1-2H3. The van der Waals surface area contributed by atoms with Crippen molar-refractivity contribution in [2.24, 2.45) is 5.92 Å². The zero-order chi connectivity index (χ0) is 26.2. The Balaban J connectivity index is 1.37. The van der Waals surface area contributed by atoms with Gasteiger partial charge in [-0.05, 0) is 68.5 Å². The van der Waals surface area contributed by atoms with Gasteiger partial charge in [-0.2, -0.15) is 4.31 Å². The number of methoxy groups -OCH3 is 1. The molecule has 37 heavy (non-hydrogen) atoms. The summed E-state index contributed by atoms with van der Waals surface area (Å²) in [5.41, 5.74) is 1.79. The Morgan fingerprint density at radius 3 is 2.57 bits per heavy atom. The first-order chi connectivity index (χ1) is 17.8. The van der Waals surface area contributed by atoms with Crippen LogP contribution in [0.25, 0.3) is 10.2 Å². The van der Waals surface area contributed by atoms with Gasteiger partial charge in [-0.1, -0.05) is 17.4 Å². The molecule has 0 bridgehead atoms. The summed E-state index contributed by atoms with van der Waals surface area (Å²) in [7, 11) is -2.15. The van der Waals surface area contributed by atoms with Gasteiger partial charge in [0.05, 0.1) is 29.4 Å². The van der Waals surface area contributed by atoms with Crippen LogP contribution in [0.5, 0.6) is 5.75 Å². The third kappa shape index (κ3) is 5.22. The van der Waals surface area contributed by atoms with Crippen molar-refractivity contribution < 1.29 is 27.1 Å². The van der Waals surface area contributed by atoms with Crippen LogP contribution in [-0.2, 0) is 19.6 Å². The molecule has 3 heterocycles. The molecule has 0 spiro atoms. The molecule has 2 aliphatic rings. The number of piperidine rings is 1. The molecular formula is C26H30FN3O5S2. The number of halogens is 1. The van der Waals surface area contributed by atoms with Crippen LogP contribution >= 0.6 is 11.3 Å². The minimum absolute atomic E-state index is 0.0532. The Hall–Kier alpha value is -2.60. The summed E-state index contributed by atoms with van der Waals surface area (Å²) in [6.07, 6.45) is 2.57. The lowest BCUT2D eigenvalue weighted by Gasteiger charge is -2.33. The highest BCUT2D eigenvalue weighted by atomic mass is 32.2. The predicted molar refractivity (Wildman–Crippen MR) is 140 cm³/mol. The number of ether oxygens (including phenoxy) is 2. The second kappa shape index (κ2) is 10.6. The lowest BCUT2D eigenvalue weighted by Crippen LogP contribution is -2.46. The lowest BCUT2D eigenvalue weighted by molar-refractivity contribution is -0.123. The molecule has 0 saturated carbocycles. The smallest absolute Gasteiger partial charge is 0.243 e. The highest BCUT2D eigenvalue weighted by Gasteiger charge is 2.36. The molecule has 3 aromatic rings. The highest BCUT2D eigenvalue weighted by molar-refractivity contribution is 7.89. The summed E-state index contributed by atoms with van der Waals surface area (Å²) in [5, 5.41) is 0.601. The van der Waals surface area contributed by atoms with Gasteiger partial charge in [-0.3, -0.25) is 9.69 Å². The van der Waals surface area contributed by atoms with Crippen LogP contribution in [0.3, 0.4) is 0 Å². The largest absolute Gasteiger partial charge is 0.494 e. The first-order valence-corrected chi connectivity index (χ1v) is 14.7. The van der Waals surface area contributed by atoms with Crippen molar-refractivity contribution in [3.63, 3.8) is 0 Å². The summed E-state index contributed by atoms with van der Waals surface area (Å²) in [5.74, 6) is -0.231. The first-order valence-electron chi connectivity index (χ1n) is 12.4. The van der Waals surface area contributed by atoms with Gasteiger partial charge < -0.3 is 9.47 Å². The Morgan fingerprint density at radius 1 is 1.19 bits per heavy atom. The number of aryl methyl sites for hydroxylation is 1. The van der Waals surface area contributed by atoms with Crippen LogP contribution in [0.2, 0.25) is 0 Å². The molecule has 2 aromatic carbocycles. The van der Waals surface area contributed by atoms with Gasteiger partial charge in [-0.15, -0.1) is 0 Å². The van der Waals surface area contributed by atoms with Crippen molar-refractivity contribution in [3.05, 3.63) is 47.8 Å². The van der Waals surface area contributed by atoms with Crippen molar-refractivity contribution in [2.45, 2.75) is 43.6 Å². The third-order valence-electron chi connectivity index (χ3n) is 7.07. The number of hydrogen-bond acceptors (Lipinski definition) is 7. The number of thiazole rings is 1. The van der Waals surface area contributed by atoms with Gasteiger partial charge in [0.2, 0.25) is 15.9 Å². The van der Waals surface area contributed by atoms with E-state index in [2.05, 4.69) is 0 Å². The van der Waals surface area contributed by atoms with E-state index in [1.54, 1.807) is 12.0 Å². The van der Waals surface area contributed by atoms with Crippen LogP contribution in [0.15, 0.2) is 41.3 Å². The van der Waals surface area contributed by atoms with Crippen LogP contribution in [-0.4, -0.2) is 63.1 Å². The van der Waals surface area contributed by atoms with E-state index in [-0.39, 0.29) is 35.9 Å². The van der Waals surface area contributed by atoms with Crippen molar-refractivity contribution in [1.29, 1.82) is 0 Å². The van der Waals surface area contributed by atoms with Crippen LogP contribution < -0.4 is 9.64 Å². The van der Waals surface area contributed by atoms with Crippen LogP contribution in [0, 0.1) is 18.7 Å². The number of nitrogens with zero attached hydrogens (tertiary/aromatic N) is 3. The Labute approximate surface area is 220 Å². The Bertz CT molecular complexity index is 1380. The summed E-state index contributed by atoms with van der Waals surface area (Å²) >= 11 is 1.46.